The van der Waals surface area contributed by atoms with Crippen LogP contribution in [0, 0.1) is 5.92 Å². The van der Waals surface area contributed by atoms with Gasteiger partial charge in [0.1, 0.15) is 11.5 Å². The van der Waals surface area contributed by atoms with Gasteiger partial charge in [-0.25, -0.2) is 17.6 Å². The molecule has 258 valence electrons. The lowest BCUT2D eigenvalue weighted by molar-refractivity contribution is 0.0172. The van der Waals surface area contributed by atoms with Crippen LogP contribution in [0.15, 0.2) is 91.1 Å². The third kappa shape index (κ3) is 10.7. The van der Waals surface area contributed by atoms with E-state index >= 15 is 0 Å². The minimum absolute atomic E-state index is 0.0586. The molecule has 2 aromatic rings. The lowest BCUT2D eigenvalue weighted by atomic mass is 9.79. The Morgan fingerprint density at radius 2 is 1.51 bits per heavy atom. The van der Waals surface area contributed by atoms with Crippen molar-refractivity contribution in [2.24, 2.45) is 5.92 Å². The van der Waals surface area contributed by atoms with Crippen LogP contribution in [-0.2, 0) is 17.1 Å². The Morgan fingerprint density at radius 1 is 0.872 bits per heavy atom. The molecule has 0 radical (unpaired) electrons. The largest absolute Gasteiger partial charge is 0.362 e. The van der Waals surface area contributed by atoms with E-state index in [2.05, 4.69) is 49.4 Å². The average molecular weight is 653 g/mol. The van der Waals surface area contributed by atoms with Gasteiger partial charge in [0.2, 0.25) is 0 Å². The minimum atomic E-state index is -3.08. The van der Waals surface area contributed by atoms with E-state index in [0.717, 1.165) is 61.0 Å². The monoisotopic (exact) mass is 652 g/mol. The number of benzene rings is 2. The number of halogens is 4. The van der Waals surface area contributed by atoms with Crippen LogP contribution in [0.3, 0.4) is 0 Å². The molecule has 2 aliphatic rings. The lowest BCUT2D eigenvalue weighted by Crippen LogP contribution is -2.44. The summed E-state index contributed by atoms with van der Waals surface area (Å²) in [6.45, 7) is 18.5. The Balaban J connectivity index is 0.00000294. The summed E-state index contributed by atoms with van der Waals surface area (Å²) in [5.74, 6) is -2.34. The number of nitrogens with one attached hydrogen (secondary N) is 2. The van der Waals surface area contributed by atoms with E-state index in [-0.39, 0.29) is 22.5 Å². The second kappa shape index (κ2) is 16.8. The summed E-state index contributed by atoms with van der Waals surface area (Å²) in [7, 11) is 0. The highest BCUT2D eigenvalue weighted by Gasteiger charge is 2.32. The second-order valence-electron chi connectivity index (χ2n) is 14.0. The summed E-state index contributed by atoms with van der Waals surface area (Å²) >= 11 is 0. The van der Waals surface area contributed by atoms with Gasteiger partial charge in [-0.1, -0.05) is 82.7 Å². The molecule has 0 bridgehead atoms. The number of hydrogen-bond donors (Lipinski definition) is 2. The van der Waals surface area contributed by atoms with Gasteiger partial charge in [0.05, 0.1) is 0 Å². The van der Waals surface area contributed by atoms with Gasteiger partial charge in [0, 0.05) is 42.4 Å². The van der Waals surface area contributed by atoms with E-state index in [9.17, 15) is 17.6 Å². The molecule has 2 aliphatic carbocycles. The lowest BCUT2D eigenvalue weighted by Gasteiger charge is -2.37. The molecular weight excluding hydrogens is 596 g/mol. The first-order valence-corrected chi connectivity index (χ1v) is 17.3. The van der Waals surface area contributed by atoms with Crippen LogP contribution in [-0.4, -0.2) is 6.54 Å². The number of allylic oxidation sites excluding steroid dienone is 4. The summed E-state index contributed by atoms with van der Waals surface area (Å²) in [6, 6.07) is 12.6. The first-order chi connectivity index (χ1) is 22.2. The molecule has 1 saturated carbocycles. The molecule has 0 aromatic heterocycles. The van der Waals surface area contributed by atoms with E-state index in [4.69, 9.17) is 0 Å². The summed E-state index contributed by atoms with van der Waals surface area (Å²) in [5.41, 5.74) is 2.97. The van der Waals surface area contributed by atoms with E-state index < -0.39 is 11.6 Å². The van der Waals surface area contributed by atoms with Crippen LogP contribution < -0.4 is 10.6 Å². The zero-order chi connectivity index (χ0) is 34.8. The Bertz CT molecular complexity index is 1360. The van der Waals surface area contributed by atoms with Gasteiger partial charge in [-0.3, -0.25) is 0 Å². The van der Waals surface area contributed by atoms with Crippen molar-refractivity contribution >= 4 is 0 Å². The van der Waals surface area contributed by atoms with E-state index in [1.54, 1.807) is 13.0 Å². The van der Waals surface area contributed by atoms with Gasteiger partial charge in [-0.2, -0.15) is 0 Å². The van der Waals surface area contributed by atoms with Gasteiger partial charge in [0.25, 0.3) is 5.92 Å². The highest BCUT2D eigenvalue weighted by molar-refractivity contribution is 5.66. The predicted molar refractivity (Wildman–Crippen MR) is 191 cm³/mol. The topological polar surface area (TPSA) is 24.1 Å². The van der Waals surface area contributed by atoms with Crippen molar-refractivity contribution in [2.45, 2.75) is 122 Å². The fourth-order valence-corrected chi connectivity index (χ4v) is 6.98. The van der Waals surface area contributed by atoms with E-state index in [1.807, 2.05) is 18.2 Å². The highest BCUT2D eigenvalue weighted by atomic mass is 19.3. The van der Waals surface area contributed by atoms with Crippen LogP contribution in [0.5, 0.6) is 0 Å². The molecular formula is C41H56F4N2. The maximum absolute atomic E-state index is 15.0. The Hall–Kier alpha value is -3.12. The van der Waals surface area contributed by atoms with E-state index in [1.165, 1.54) is 58.1 Å². The van der Waals surface area contributed by atoms with Gasteiger partial charge >= 0.3 is 0 Å². The molecule has 0 heterocycles. The second-order valence-corrected chi connectivity index (χ2v) is 14.0. The van der Waals surface area contributed by atoms with Gasteiger partial charge in [-0.15, -0.1) is 13.2 Å². The first-order valence-electron chi connectivity index (χ1n) is 17.3. The fraction of sp³-hybridized carbons (Fsp3) is 0.512. The molecule has 4 rings (SSSR count). The first kappa shape index (κ1) is 38.3. The van der Waals surface area contributed by atoms with Crippen molar-refractivity contribution in [3.05, 3.63) is 108 Å². The zero-order valence-electron chi connectivity index (χ0n) is 29.3. The number of alkyl halides is 3. The van der Waals surface area contributed by atoms with Crippen LogP contribution in [0.25, 0.3) is 11.1 Å². The molecule has 0 saturated heterocycles. The van der Waals surface area contributed by atoms with Crippen LogP contribution in [0.2, 0.25) is 0 Å². The standard InChI is InChI=1S/C39H52F4N2.C2H4/c1-7-20-39(21-10-13-29-11-8-9-12-29,44-26-28(3)45-35-18-19-36(40)27(2)22-35)32-16-14-30(15-17-32)31-23-33(37(4,5)41)25-34(24-31)38(6,42)43;1-2/h14-17,22-25,29,44-45H,3,7-13,18-21,26H2,1-2,4-6H3;1-2H2. The van der Waals surface area contributed by atoms with Crippen LogP contribution in [0.4, 0.5) is 17.6 Å². The van der Waals surface area contributed by atoms with Gasteiger partial charge in [-0.05, 0) is 98.1 Å². The molecule has 1 unspecified atom stereocenters. The number of rotatable bonds is 15. The van der Waals surface area contributed by atoms with Crippen molar-refractivity contribution in [2.75, 3.05) is 6.54 Å². The molecule has 1 atom stereocenters. The molecule has 0 aliphatic heterocycles. The highest BCUT2D eigenvalue weighted by Crippen LogP contribution is 2.39. The molecule has 47 heavy (non-hydrogen) atoms. The average Bonchev–Trinajstić information content (AvgIpc) is 3.55. The minimum Gasteiger partial charge on any atom is -0.362 e. The Morgan fingerprint density at radius 3 is 2.09 bits per heavy atom. The fourth-order valence-electron chi connectivity index (χ4n) is 6.98. The Labute approximate surface area is 281 Å². The summed E-state index contributed by atoms with van der Waals surface area (Å²) in [4.78, 5) is 0. The third-order valence-electron chi connectivity index (χ3n) is 9.67. The van der Waals surface area contributed by atoms with E-state index in [0.29, 0.717) is 30.5 Å². The molecule has 2 nitrogen and oxygen atoms in total. The SMILES string of the molecule is C=C.C=C(CNC(CCC)(CCCC1CCCC1)c1ccc(-c2cc(C(C)(C)F)cc(C(C)(F)F)c2)cc1)NC1=CC(C)=C(F)CC1. The van der Waals surface area contributed by atoms with Crippen LogP contribution in [0.1, 0.15) is 122 Å². The predicted octanol–water partition coefficient (Wildman–Crippen LogP) is 12.4. The quantitative estimate of drug-likeness (QED) is 0.148. The molecule has 2 aromatic carbocycles. The summed E-state index contributed by atoms with van der Waals surface area (Å²) < 4.78 is 57.7. The Kier molecular flexibility index (Phi) is 13.7. The zero-order valence-corrected chi connectivity index (χ0v) is 29.3. The third-order valence-corrected chi connectivity index (χ3v) is 9.67. The molecule has 0 amide bonds. The maximum Gasteiger partial charge on any atom is 0.270 e. The molecule has 2 N–H and O–H groups in total. The van der Waals surface area contributed by atoms with Crippen molar-refractivity contribution < 1.29 is 17.6 Å². The normalized spacial score (nSPS) is 17.1. The van der Waals surface area contributed by atoms with Crippen molar-refractivity contribution in [1.29, 1.82) is 0 Å². The molecule has 1 fully saturated rings. The van der Waals surface area contributed by atoms with Crippen molar-refractivity contribution in [3.63, 3.8) is 0 Å². The smallest absolute Gasteiger partial charge is 0.270 e. The van der Waals surface area contributed by atoms with Crippen LogP contribution >= 0.6 is 0 Å². The van der Waals surface area contributed by atoms with Crippen molar-refractivity contribution in [1.82, 2.24) is 10.6 Å². The summed E-state index contributed by atoms with van der Waals surface area (Å²) in [6.07, 6.45) is 13.4. The van der Waals surface area contributed by atoms with Gasteiger partial charge in [0.15, 0.2) is 0 Å². The molecule has 0 spiro atoms. The number of hydrogen-bond acceptors (Lipinski definition) is 2. The van der Waals surface area contributed by atoms with Gasteiger partial charge < -0.3 is 10.6 Å². The summed E-state index contributed by atoms with van der Waals surface area (Å²) in [5, 5.41) is 7.29. The van der Waals surface area contributed by atoms with Crippen molar-refractivity contribution in [3.8, 4) is 11.1 Å². The maximum atomic E-state index is 15.0. The molecule has 6 heteroatoms.